The normalized spacial score (nSPS) is 15.5. The number of hydrogen-bond donors (Lipinski definition) is 0. The molecule has 5 nitrogen and oxygen atoms in total. The third-order valence-electron chi connectivity index (χ3n) is 4.47. The summed E-state index contributed by atoms with van der Waals surface area (Å²) in [6.45, 7) is 11.5. The fourth-order valence-electron chi connectivity index (χ4n) is 3.14. The van der Waals surface area contributed by atoms with E-state index in [4.69, 9.17) is 4.74 Å². The summed E-state index contributed by atoms with van der Waals surface area (Å²) in [4.78, 5) is 28.9. The molecule has 0 unspecified atom stereocenters. The first kappa shape index (κ1) is 20.3. The molecular formula is C21H32N2O3. The molecule has 1 aromatic rings. The lowest BCUT2D eigenvalue weighted by Gasteiger charge is -2.25. The van der Waals surface area contributed by atoms with Crippen LogP contribution in [0.1, 0.15) is 46.1 Å². The Morgan fingerprint density at radius 1 is 0.962 bits per heavy atom. The smallest absolute Gasteiger partial charge is 0.227 e. The zero-order valence-corrected chi connectivity index (χ0v) is 16.6. The van der Waals surface area contributed by atoms with E-state index in [-0.39, 0.29) is 17.2 Å². The fraction of sp³-hybridized carbons (Fsp3) is 0.619. The van der Waals surface area contributed by atoms with Gasteiger partial charge in [-0.3, -0.25) is 9.59 Å². The number of rotatable bonds is 5. The van der Waals surface area contributed by atoms with Gasteiger partial charge in [0.15, 0.2) is 0 Å². The van der Waals surface area contributed by atoms with Crippen LogP contribution >= 0.6 is 0 Å². The van der Waals surface area contributed by atoms with Crippen LogP contribution < -0.4 is 4.74 Å². The molecule has 2 amide bonds. The summed E-state index contributed by atoms with van der Waals surface area (Å²) in [6, 6.07) is 7.70. The van der Waals surface area contributed by atoms with Gasteiger partial charge >= 0.3 is 0 Å². The molecule has 0 N–H and O–H groups in total. The maximum Gasteiger partial charge on any atom is 0.227 e. The van der Waals surface area contributed by atoms with Crippen molar-refractivity contribution in [3.8, 4) is 5.75 Å². The molecule has 0 spiro atoms. The lowest BCUT2D eigenvalue weighted by Crippen LogP contribution is -2.38. The van der Waals surface area contributed by atoms with E-state index in [2.05, 4.69) is 20.8 Å². The molecule has 26 heavy (non-hydrogen) atoms. The lowest BCUT2D eigenvalue weighted by atomic mass is 9.91. The van der Waals surface area contributed by atoms with Gasteiger partial charge in [0, 0.05) is 32.6 Å². The molecule has 1 heterocycles. The standard InChI is InChI=1S/C21H32N2O3/c1-5-26-18-9-7-17(8-10-18)15-19(24)22-11-6-12-23(14-13-22)20(25)16-21(2,3)4/h7-10H,5-6,11-16H2,1-4H3. The van der Waals surface area contributed by atoms with Crippen molar-refractivity contribution in [2.45, 2.75) is 47.0 Å². The minimum atomic E-state index is -0.00739. The third-order valence-corrected chi connectivity index (χ3v) is 4.47. The molecular weight excluding hydrogens is 328 g/mol. The molecule has 0 aliphatic carbocycles. The molecule has 0 bridgehead atoms. The SMILES string of the molecule is CCOc1ccc(CC(=O)N2CCCN(C(=O)CC(C)(C)C)CC2)cc1. The zero-order valence-electron chi connectivity index (χ0n) is 16.6. The maximum absolute atomic E-state index is 12.6. The second-order valence-corrected chi connectivity index (χ2v) is 8.11. The highest BCUT2D eigenvalue weighted by Crippen LogP contribution is 2.20. The van der Waals surface area contributed by atoms with Gasteiger partial charge in [0.25, 0.3) is 0 Å². The first-order valence-corrected chi connectivity index (χ1v) is 9.56. The Kier molecular flexibility index (Phi) is 7.06. The highest BCUT2D eigenvalue weighted by molar-refractivity contribution is 5.79. The minimum Gasteiger partial charge on any atom is -0.494 e. The monoisotopic (exact) mass is 360 g/mol. The predicted octanol–water partition coefficient (Wildman–Crippen LogP) is 3.12. The van der Waals surface area contributed by atoms with Crippen molar-refractivity contribution in [3.05, 3.63) is 29.8 Å². The van der Waals surface area contributed by atoms with Crippen LogP contribution in [-0.4, -0.2) is 54.4 Å². The van der Waals surface area contributed by atoms with E-state index in [1.165, 1.54) is 0 Å². The van der Waals surface area contributed by atoms with Crippen LogP contribution in [-0.2, 0) is 16.0 Å². The summed E-state index contributed by atoms with van der Waals surface area (Å²) in [5.41, 5.74) is 0.982. The summed E-state index contributed by atoms with van der Waals surface area (Å²) in [5, 5.41) is 0. The van der Waals surface area contributed by atoms with E-state index in [1.54, 1.807) is 0 Å². The summed E-state index contributed by atoms with van der Waals surface area (Å²) in [6.07, 6.45) is 1.78. The molecule has 0 atom stereocenters. The van der Waals surface area contributed by atoms with Crippen LogP contribution in [0.4, 0.5) is 0 Å². The molecule has 0 saturated carbocycles. The van der Waals surface area contributed by atoms with Gasteiger partial charge in [-0.15, -0.1) is 0 Å². The maximum atomic E-state index is 12.6. The van der Waals surface area contributed by atoms with Crippen LogP contribution in [0, 0.1) is 5.41 Å². The number of ether oxygens (including phenoxy) is 1. The van der Waals surface area contributed by atoms with Gasteiger partial charge in [0.1, 0.15) is 5.75 Å². The average Bonchev–Trinajstić information content (AvgIpc) is 2.81. The van der Waals surface area contributed by atoms with Gasteiger partial charge < -0.3 is 14.5 Å². The number of benzene rings is 1. The molecule has 1 saturated heterocycles. The Balaban J connectivity index is 1.87. The Morgan fingerprint density at radius 3 is 2.08 bits per heavy atom. The van der Waals surface area contributed by atoms with Crippen molar-refractivity contribution in [3.63, 3.8) is 0 Å². The molecule has 1 aliphatic heterocycles. The van der Waals surface area contributed by atoms with E-state index in [1.807, 2.05) is 41.0 Å². The van der Waals surface area contributed by atoms with Crippen LogP contribution in [0.15, 0.2) is 24.3 Å². The number of carbonyl (C=O) groups excluding carboxylic acids is 2. The number of nitrogens with zero attached hydrogens (tertiary/aromatic N) is 2. The van der Waals surface area contributed by atoms with E-state index < -0.39 is 0 Å². The van der Waals surface area contributed by atoms with E-state index in [9.17, 15) is 9.59 Å². The Hall–Kier alpha value is -2.04. The van der Waals surface area contributed by atoms with Crippen molar-refractivity contribution in [2.75, 3.05) is 32.8 Å². The number of carbonyl (C=O) groups is 2. The largest absolute Gasteiger partial charge is 0.494 e. The lowest BCUT2D eigenvalue weighted by molar-refractivity contribution is -0.134. The third kappa shape index (κ3) is 6.36. The quantitative estimate of drug-likeness (QED) is 0.811. The van der Waals surface area contributed by atoms with Crippen LogP contribution in [0.25, 0.3) is 0 Å². The first-order valence-electron chi connectivity index (χ1n) is 9.56. The molecule has 5 heteroatoms. The van der Waals surface area contributed by atoms with Gasteiger partial charge in [0.05, 0.1) is 13.0 Å². The molecule has 0 aromatic heterocycles. The highest BCUT2D eigenvalue weighted by Gasteiger charge is 2.25. The van der Waals surface area contributed by atoms with Crippen LogP contribution in [0.2, 0.25) is 0 Å². The molecule has 2 rings (SSSR count). The van der Waals surface area contributed by atoms with E-state index >= 15 is 0 Å². The van der Waals surface area contributed by atoms with Crippen molar-refractivity contribution in [1.82, 2.24) is 9.80 Å². The predicted molar refractivity (Wildman–Crippen MR) is 103 cm³/mol. The molecule has 1 aromatic carbocycles. The van der Waals surface area contributed by atoms with Crippen molar-refractivity contribution < 1.29 is 14.3 Å². The van der Waals surface area contributed by atoms with Gasteiger partial charge in [-0.1, -0.05) is 32.9 Å². The first-order chi connectivity index (χ1) is 12.3. The van der Waals surface area contributed by atoms with Crippen LogP contribution in [0.5, 0.6) is 5.75 Å². The molecule has 144 valence electrons. The minimum absolute atomic E-state index is 0.00739. The Bertz CT molecular complexity index is 605. The topological polar surface area (TPSA) is 49.9 Å². The molecule has 0 radical (unpaired) electrons. The highest BCUT2D eigenvalue weighted by atomic mass is 16.5. The average molecular weight is 360 g/mol. The zero-order chi connectivity index (χ0) is 19.2. The van der Waals surface area contributed by atoms with E-state index in [0.29, 0.717) is 32.5 Å². The summed E-state index contributed by atoms with van der Waals surface area (Å²) in [7, 11) is 0. The van der Waals surface area contributed by atoms with Gasteiger partial charge in [-0.25, -0.2) is 0 Å². The molecule has 1 aliphatic rings. The van der Waals surface area contributed by atoms with E-state index in [0.717, 1.165) is 30.8 Å². The Labute approximate surface area is 157 Å². The Morgan fingerprint density at radius 2 is 1.54 bits per heavy atom. The van der Waals surface area contributed by atoms with Crippen molar-refractivity contribution >= 4 is 11.8 Å². The van der Waals surface area contributed by atoms with Gasteiger partial charge in [-0.2, -0.15) is 0 Å². The summed E-state index contributed by atoms with van der Waals surface area (Å²) >= 11 is 0. The van der Waals surface area contributed by atoms with Crippen LogP contribution in [0.3, 0.4) is 0 Å². The number of amides is 2. The second kappa shape index (κ2) is 9.06. The second-order valence-electron chi connectivity index (χ2n) is 8.11. The van der Waals surface area contributed by atoms with Gasteiger partial charge in [0.2, 0.25) is 11.8 Å². The summed E-state index contributed by atoms with van der Waals surface area (Å²) < 4.78 is 5.43. The number of hydrogen-bond acceptors (Lipinski definition) is 3. The summed E-state index contributed by atoms with van der Waals surface area (Å²) in [5.74, 6) is 1.14. The van der Waals surface area contributed by atoms with Crippen molar-refractivity contribution in [1.29, 1.82) is 0 Å². The van der Waals surface area contributed by atoms with Crippen molar-refractivity contribution in [2.24, 2.45) is 5.41 Å². The van der Waals surface area contributed by atoms with Gasteiger partial charge in [-0.05, 0) is 36.5 Å². The fourth-order valence-corrected chi connectivity index (χ4v) is 3.14. The molecule has 1 fully saturated rings.